The fourth-order valence-electron chi connectivity index (χ4n) is 2.53. The van der Waals surface area contributed by atoms with Gasteiger partial charge in [0, 0.05) is 12.1 Å². The molecule has 0 spiro atoms. The molecule has 1 saturated heterocycles. The zero-order valence-electron chi connectivity index (χ0n) is 11.8. The van der Waals surface area contributed by atoms with Crippen LogP contribution in [0.1, 0.15) is 30.4 Å². The summed E-state index contributed by atoms with van der Waals surface area (Å²) >= 11 is 0. The average molecular weight is 315 g/mol. The molecule has 7 heteroatoms. The van der Waals surface area contributed by atoms with Crippen LogP contribution in [-0.2, 0) is 20.6 Å². The van der Waals surface area contributed by atoms with E-state index in [4.69, 9.17) is 5.11 Å². The lowest BCUT2D eigenvalue weighted by Gasteiger charge is -2.31. The van der Waals surface area contributed by atoms with E-state index >= 15 is 0 Å². The molecule has 1 heterocycles. The van der Waals surface area contributed by atoms with Gasteiger partial charge in [0.15, 0.2) is 0 Å². The quantitative estimate of drug-likeness (QED) is 0.921. The molecular formula is C14H18FNO4S. The van der Waals surface area contributed by atoms with E-state index in [2.05, 4.69) is 0 Å². The van der Waals surface area contributed by atoms with Gasteiger partial charge in [-0.1, -0.05) is 12.1 Å². The standard InChI is InChI=1S/C14H18FNO4S/c1-10-5-6-11(12(15)8-10)9-21(19,20)16-7-3-2-4-13(16)14(17)18/h5-6,8,13H,2-4,7,9H2,1H3,(H,17,18). The molecule has 1 atom stereocenters. The van der Waals surface area contributed by atoms with Crippen LogP contribution in [-0.4, -0.2) is 36.4 Å². The summed E-state index contributed by atoms with van der Waals surface area (Å²) in [5.41, 5.74) is 0.769. The van der Waals surface area contributed by atoms with E-state index in [0.717, 1.165) is 4.31 Å². The summed E-state index contributed by atoms with van der Waals surface area (Å²) in [6.07, 6.45) is 1.60. The van der Waals surface area contributed by atoms with Crippen molar-refractivity contribution < 1.29 is 22.7 Å². The number of carbonyl (C=O) groups is 1. The summed E-state index contributed by atoms with van der Waals surface area (Å²) < 4.78 is 39.6. The van der Waals surface area contributed by atoms with Crippen LogP contribution < -0.4 is 0 Å². The molecule has 0 aliphatic carbocycles. The Balaban J connectivity index is 2.26. The van der Waals surface area contributed by atoms with E-state index in [9.17, 15) is 17.6 Å². The second-order valence-corrected chi connectivity index (χ2v) is 7.23. The average Bonchev–Trinajstić information content (AvgIpc) is 2.42. The van der Waals surface area contributed by atoms with Gasteiger partial charge in [0.2, 0.25) is 10.0 Å². The Morgan fingerprint density at radius 2 is 2.14 bits per heavy atom. The number of aliphatic carboxylic acids is 1. The molecule has 1 aromatic carbocycles. The Labute approximate surface area is 123 Å². The molecule has 116 valence electrons. The Bertz CT molecular complexity index is 644. The molecule has 1 aromatic rings. The van der Waals surface area contributed by atoms with Gasteiger partial charge < -0.3 is 5.11 Å². The van der Waals surface area contributed by atoms with Crippen LogP contribution in [0.3, 0.4) is 0 Å². The molecule has 5 nitrogen and oxygen atoms in total. The normalized spacial score (nSPS) is 20.4. The fourth-order valence-corrected chi connectivity index (χ4v) is 4.32. The van der Waals surface area contributed by atoms with Crippen LogP contribution in [0.25, 0.3) is 0 Å². The van der Waals surface area contributed by atoms with Crippen LogP contribution in [0.15, 0.2) is 18.2 Å². The molecule has 1 unspecified atom stereocenters. The van der Waals surface area contributed by atoms with Crippen LogP contribution in [0.5, 0.6) is 0 Å². The summed E-state index contributed by atoms with van der Waals surface area (Å²) in [5, 5.41) is 9.15. The third kappa shape index (κ3) is 3.59. The van der Waals surface area contributed by atoms with E-state index in [1.54, 1.807) is 13.0 Å². The van der Waals surface area contributed by atoms with Gasteiger partial charge in [-0.05, 0) is 37.8 Å². The molecule has 0 bridgehead atoms. The maximum Gasteiger partial charge on any atom is 0.322 e. The van der Waals surface area contributed by atoms with Gasteiger partial charge in [-0.2, -0.15) is 4.31 Å². The van der Waals surface area contributed by atoms with Crippen molar-refractivity contribution in [2.75, 3.05) is 6.54 Å². The number of aryl methyl sites for hydroxylation is 1. The third-order valence-corrected chi connectivity index (χ3v) is 5.47. The number of sulfonamides is 1. The lowest BCUT2D eigenvalue weighted by atomic mass is 10.1. The molecule has 21 heavy (non-hydrogen) atoms. The highest BCUT2D eigenvalue weighted by molar-refractivity contribution is 7.88. The number of rotatable bonds is 4. The maximum atomic E-state index is 13.8. The van der Waals surface area contributed by atoms with E-state index < -0.39 is 33.6 Å². The minimum atomic E-state index is -3.85. The SMILES string of the molecule is Cc1ccc(CS(=O)(=O)N2CCCCC2C(=O)O)c(F)c1. The van der Waals surface area contributed by atoms with Crippen molar-refractivity contribution in [3.8, 4) is 0 Å². The Hall–Kier alpha value is -1.47. The smallest absolute Gasteiger partial charge is 0.322 e. The summed E-state index contributed by atoms with van der Waals surface area (Å²) in [6, 6.07) is 3.30. The topological polar surface area (TPSA) is 74.7 Å². The monoisotopic (exact) mass is 315 g/mol. The predicted molar refractivity (Wildman–Crippen MR) is 75.7 cm³/mol. The fraction of sp³-hybridized carbons (Fsp3) is 0.500. The molecule has 0 radical (unpaired) electrons. The molecule has 0 amide bonds. The molecule has 0 saturated carbocycles. The number of hydrogen-bond acceptors (Lipinski definition) is 3. The van der Waals surface area contributed by atoms with Crippen molar-refractivity contribution in [2.45, 2.75) is 38.0 Å². The van der Waals surface area contributed by atoms with Gasteiger partial charge in [0.25, 0.3) is 0 Å². The minimum Gasteiger partial charge on any atom is -0.480 e. The summed E-state index contributed by atoms with van der Waals surface area (Å²) in [5.74, 6) is -2.24. The van der Waals surface area contributed by atoms with Crippen LogP contribution in [0.2, 0.25) is 0 Å². The van der Waals surface area contributed by atoms with Crippen molar-refractivity contribution in [1.82, 2.24) is 4.31 Å². The Morgan fingerprint density at radius 3 is 2.76 bits per heavy atom. The van der Waals surface area contributed by atoms with Gasteiger partial charge in [-0.3, -0.25) is 4.79 Å². The summed E-state index contributed by atoms with van der Waals surface area (Å²) in [7, 11) is -3.85. The number of halogens is 1. The zero-order chi connectivity index (χ0) is 15.6. The maximum absolute atomic E-state index is 13.8. The van der Waals surface area contributed by atoms with Crippen molar-refractivity contribution in [1.29, 1.82) is 0 Å². The van der Waals surface area contributed by atoms with E-state index in [-0.39, 0.29) is 12.1 Å². The number of piperidine rings is 1. The zero-order valence-corrected chi connectivity index (χ0v) is 12.6. The van der Waals surface area contributed by atoms with E-state index in [1.807, 2.05) is 0 Å². The van der Waals surface area contributed by atoms with Crippen molar-refractivity contribution in [3.63, 3.8) is 0 Å². The van der Waals surface area contributed by atoms with E-state index in [1.165, 1.54) is 12.1 Å². The second kappa shape index (κ2) is 6.11. The van der Waals surface area contributed by atoms with Gasteiger partial charge >= 0.3 is 5.97 Å². The third-order valence-electron chi connectivity index (χ3n) is 3.64. The first-order valence-electron chi connectivity index (χ1n) is 6.78. The Kier molecular flexibility index (Phi) is 4.63. The van der Waals surface area contributed by atoms with E-state index in [0.29, 0.717) is 24.8 Å². The largest absolute Gasteiger partial charge is 0.480 e. The van der Waals surface area contributed by atoms with Crippen LogP contribution >= 0.6 is 0 Å². The second-order valence-electron chi connectivity index (χ2n) is 5.31. The van der Waals surface area contributed by atoms with Gasteiger partial charge in [0.1, 0.15) is 11.9 Å². The van der Waals surface area contributed by atoms with Crippen LogP contribution in [0, 0.1) is 12.7 Å². The molecule has 2 rings (SSSR count). The predicted octanol–water partition coefficient (Wildman–Crippen LogP) is 1.90. The van der Waals surface area contributed by atoms with Crippen molar-refractivity contribution in [3.05, 3.63) is 35.1 Å². The number of carboxylic acids is 1. The number of hydrogen-bond donors (Lipinski definition) is 1. The molecule has 0 aromatic heterocycles. The summed E-state index contributed by atoms with van der Waals surface area (Å²) in [4.78, 5) is 11.2. The molecule has 1 aliphatic heterocycles. The number of carboxylic acid groups (broad SMARTS) is 1. The highest BCUT2D eigenvalue weighted by Gasteiger charge is 2.36. The van der Waals surface area contributed by atoms with Gasteiger partial charge in [0.05, 0.1) is 5.75 Å². The summed E-state index contributed by atoms with van der Waals surface area (Å²) in [6.45, 7) is 1.89. The van der Waals surface area contributed by atoms with Gasteiger partial charge in [-0.15, -0.1) is 0 Å². The van der Waals surface area contributed by atoms with Gasteiger partial charge in [-0.25, -0.2) is 12.8 Å². The molecule has 1 N–H and O–H groups in total. The van der Waals surface area contributed by atoms with Crippen molar-refractivity contribution >= 4 is 16.0 Å². The first kappa shape index (κ1) is 15.9. The molecule has 1 fully saturated rings. The molecular weight excluding hydrogens is 297 g/mol. The Morgan fingerprint density at radius 1 is 1.43 bits per heavy atom. The van der Waals surface area contributed by atoms with Crippen molar-refractivity contribution in [2.24, 2.45) is 0 Å². The minimum absolute atomic E-state index is 0.0651. The first-order chi connectivity index (χ1) is 9.81. The van der Waals surface area contributed by atoms with Crippen LogP contribution in [0.4, 0.5) is 4.39 Å². The lowest BCUT2D eigenvalue weighted by molar-refractivity contribution is -0.142. The first-order valence-corrected chi connectivity index (χ1v) is 8.39. The highest BCUT2D eigenvalue weighted by Crippen LogP contribution is 2.24. The molecule has 1 aliphatic rings. The number of benzene rings is 1. The lowest BCUT2D eigenvalue weighted by Crippen LogP contribution is -2.48. The number of nitrogens with zero attached hydrogens (tertiary/aromatic N) is 1. The highest BCUT2D eigenvalue weighted by atomic mass is 32.2.